The van der Waals surface area contributed by atoms with Crippen LogP contribution in [-0.2, 0) is 11.3 Å². The van der Waals surface area contributed by atoms with Gasteiger partial charge in [-0.1, -0.05) is 0 Å². The van der Waals surface area contributed by atoms with Crippen LogP contribution in [0.3, 0.4) is 0 Å². The molecule has 2 rings (SSSR count). The normalized spacial score (nSPS) is 15.0. The molecule has 5 heteroatoms. The molecule has 3 N–H and O–H groups in total. The van der Waals surface area contributed by atoms with Gasteiger partial charge in [0.25, 0.3) is 0 Å². The van der Waals surface area contributed by atoms with E-state index >= 15 is 0 Å². The lowest BCUT2D eigenvalue weighted by Crippen LogP contribution is -2.29. The van der Waals surface area contributed by atoms with Crippen molar-refractivity contribution in [3.05, 3.63) is 29.6 Å². The monoisotopic (exact) mass is 248 g/mol. The fourth-order valence-electron chi connectivity index (χ4n) is 1.99. The molecule has 0 aliphatic heterocycles. The van der Waals surface area contributed by atoms with Gasteiger partial charge in [0, 0.05) is 32.4 Å². The predicted molar refractivity (Wildman–Crippen MR) is 70.6 cm³/mol. The molecular formula is C13H20N4O. The quantitative estimate of drug-likeness (QED) is 0.557. The zero-order chi connectivity index (χ0) is 13.0. The summed E-state index contributed by atoms with van der Waals surface area (Å²) >= 11 is 0. The highest BCUT2D eigenvalue weighted by Gasteiger charge is 2.28. The molecule has 1 aromatic heterocycles. The van der Waals surface area contributed by atoms with Gasteiger partial charge < -0.3 is 10.5 Å². The lowest BCUT2D eigenvalue weighted by Gasteiger charge is -2.21. The van der Waals surface area contributed by atoms with Crippen LogP contribution in [0.15, 0.2) is 18.3 Å². The van der Waals surface area contributed by atoms with Gasteiger partial charge in [0.1, 0.15) is 11.5 Å². The minimum atomic E-state index is 0.0201. The van der Waals surface area contributed by atoms with Crippen molar-refractivity contribution in [2.75, 3.05) is 20.3 Å². The van der Waals surface area contributed by atoms with Crippen LogP contribution in [0, 0.1) is 5.41 Å². The minimum Gasteiger partial charge on any atom is -0.383 e. The summed E-state index contributed by atoms with van der Waals surface area (Å²) < 4.78 is 5.14. The van der Waals surface area contributed by atoms with Crippen LogP contribution in [0.2, 0.25) is 0 Å². The summed E-state index contributed by atoms with van der Waals surface area (Å²) in [6.07, 6.45) is 4.26. The smallest absolute Gasteiger partial charge is 0.141 e. The summed E-state index contributed by atoms with van der Waals surface area (Å²) in [5, 5.41) is 7.40. The molecule has 1 aliphatic rings. The second kappa shape index (κ2) is 5.93. The maximum atomic E-state index is 7.40. The topological polar surface area (TPSA) is 75.2 Å². The van der Waals surface area contributed by atoms with Gasteiger partial charge in [0.2, 0.25) is 0 Å². The van der Waals surface area contributed by atoms with Crippen LogP contribution in [0.1, 0.15) is 24.1 Å². The Morgan fingerprint density at radius 1 is 1.61 bits per heavy atom. The Bertz CT molecular complexity index is 417. The number of ether oxygens (including phenoxy) is 1. The van der Waals surface area contributed by atoms with Gasteiger partial charge in [-0.3, -0.25) is 15.3 Å². The maximum Gasteiger partial charge on any atom is 0.141 e. The van der Waals surface area contributed by atoms with E-state index < -0.39 is 0 Å². The van der Waals surface area contributed by atoms with Crippen molar-refractivity contribution in [3.63, 3.8) is 0 Å². The van der Waals surface area contributed by atoms with E-state index in [9.17, 15) is 0 Å². The first-order valence-electron chi connectivity index (χ1n) is 6.23. The molecule has 0 radical (unpaired) electrons. The number of aromatic nitrogens is 1. The number of methoxy groups -OCH3 is 1. The number of hydrogen-bond donors (Lipinski definition) is 2. The third-order valence-electron chi connectivity index (χ3n) is 3.13. The summed E-state index contributed by atoms with van der Waals surface area (Å²) in [4.78, 5) is 6.50. The fourth-order valence-corrected chi connectivity index (χ4v) is 1.99. The van der Waals surface area contributed by atoms with Crippen LogP contribution in [0.4, 0.5) is 0 Å². The molecule has 1 aliphatic carbocycles. The SMILES string of the molecule is COCCN(Cc1ccnc(C(=N)N)c1)C1CC1. The Morgan fingerprint density at radius 3 is 3.00 bits per heavy atom. The Labute approximate surface area is 107 Å². The predicted octanol–water partition coefficient (Wildman–Crippen LogP) is 0.976. The van der Waals surface area contributed by atoms with E-state index in [1.54, 1.807) is 13.3 Å². The highest BCUT2D eigenvalue weighted by Crippen LogP contribution is 2.27. The van der Waals surface area contributed by atoms with Crippen molar-refractivity contribution in [1.29, 1.82) is 5.41 Å². The standard InChI is InChI=1S/C13H20N4O/c1-18-7-6-17(11-2-3-11)9-10-4-5-16-12(8-10)13(14)15/h4-5,8,11H,2-3,6-7,9H2,1H3,(H3,14,15). The van der Waals surface area contributed by atoms with E-state index in [0.29, 0.717) is 11.7 Å². The van der Waals surface area contributed by atoms with E-state index in [-0.39, 0.29) is 5.84 Å². The maximum absolute atomic E-state index is 7.40. The molecule has 98 valence electrons. The Kier molecular flexibility index (Phi) is 4.28. The summed E-state index contributed by atoms with van der Waals surface area (Å²) in [6.45, 7) is 2.57. The van der Waals surface area contributed by atoms with E-state index in [0.717, 1.165) is 25.3 Å². The van der Waals surface area contributed by atoms with Gasteiger partial charge in [-0.25, -0.2) is 0 Å². The second-order valence-electron chi connectivity index (χ2n) is 4.66. The van der Waals surface area contributed by atoms with Gasteiger partial charge in [0.05, 0.1) is 6.61 Å². The summed E-state index contributed by atoms with van der Waals surface area (Å²) in [7, 11) is 1.73. The van der Waals surface area contributed by atoms with E-state index in [4.69, 9.17) is 15.9 Å². The van der Waals surface area contributed by atoms with Crippen molar-refractivity contribution in [3.8, 4) is 0 Å². The second-order valence-corrected chi connectivity index (χ2v) is 4.66. The number of amidine groups is 1. The number of pyridine rings is 1. The third kappa shape index (κ3) is 3.51. The van der Waals surface area contributed by atoms with Gasteiger partial charge in [-0.05, 0) is 30.5 Å². The molecule has 0 aromatic carbocycles. The highest BCUT2D eigenvalue weighted by molar-refractivity contribution is 5.93. The van der Waals surface area contributed by atoms with Crippen molar-refractivity contribution in [2.24, 2.45) is 5.73 Å². The minimum absolute atomic E-state index is 0.0201. The van der Waals surface area contributed by atoms with Crippen LogP contribution in [0.5, 0.6) is 0 Å². The summed E-state index contributed by atoms with van der Waals surface area (Å²) in [5.41, 5.74) is 7.16. The van der Waals surface area contributed by atoms with Gasteiger partial charge in [0.15, 0.2) is 0 Å². The first-order chi connectivity index (χ1) is 8.70. The lowest BCUT2D eigenvalue weighted by molar-refractivity contribution is 0.139. The first-order valence-corrected chi connectivity index (χ1v) is 6.23. The number of hydrogen-bond acceptors (Lipinski definition) is 4. The Balaban J connectivity index is 2.01. The summed E-state index contributed by atoms with van der Waals surface area (Å²) in [6, 6.07) is 4.56. The number of nitrogens with zero attached hydrogens (tertiary/aromatic N) is 2. The molecule has 1 fully saturated rings. The Hall–Kier alpha value is -1.46. The molecule has 0 atom stereocenters. The molecule has 5 nitrogen and oxygen atoms in total. The van der Waals surface area contributed by atoms with Crippen molar-refractivity contribution >= 4 is 5.84 Å². The van der Waals surface area contributed by atoms with Crippen LogP contribution >= 0.6 is 0 Å². The molecule has 1 saturated carbocycles. The fraction of sp³-hybridized carbons (Fsp3) is 0.538. The molecule has 1 heterocycles. The number of nitrogen functional groups attached to an aromatic ring is 1. The molecule has 0 bridgehead atoms. The van der Waals surface area contributed by atoms with E-state index in [1.165, 1.54) is 12.8 Å². The molecule has 0 saturated heterocycles. The van der Waals surface area contributed by atoms with Crippen LogP contribution in [0.25, 0.3) is 0 Å². The molecular weight excluding hydrogens is 228 g/mol. The molecule has 0 unspecified atom stereocenters. The number of rotatable bonds is 7. The van der Waals surface area contributed by atoms with Crippen LogP contribution in [-0.4, -0.2) is 42.0 Å². The zero-order valence-corrected chi connectivity index (χ0v) is 10.7. The Morgan fingerprint density at radius 2 is 2.39 bits per heavy atom. The van der Waals surface area contributed by atoms with Crippen LogP contribution < -0.4 is 5.73 Å². The average molecular weight is 248 g/mol. The molecule has 0 spiro atoms. The highest BCUT2D eigenvalue weighted by atomic mass is 16.5. The third-order valence-corrected chi connectivity index (χ3v) is 3.13. The van der Waals surface area contributed by atoms with Crippen molar-refractivity contribution in [1.82, 2.24) is 9.88 Å². The zero-order valence-electron chi connectivity index (χ0n) is 10.7. The average Bonchev–Trinajstić information content (AvgIpc) is 3.19. The molecule has 18 heavy (non-hydrogen) atoms. The largest absolute Gasteiger partial charge is 0.383 e. The van der Waals surface area contributed by atoms with Crippen molar-refractivity contribution < 1.29 is 4.74 Å². The first kappa shape index (κ1) is 13.0. The van der Waals surface area contributed by atoms with Gasteiger partial charge in [-0.15, -0.1) is 0 Å². The lowest BCUT2D eigenvalue weighted by atomic mass is 10.2. The summed E-state index contributed by atoms with van der Waals surface area (Å²) in [5.74, 6) is 0.0201. The van der Waals surface area contributed by atoms with Gasteiger partial charge >= 0.3 is 0 Å². The van der Waals surface area contributed by atoms with Crippen molar-refractivity contribution in [2.45, 2.75) is 25.4 Å². The molecule has 1 aromatic rings. The number of nitrogens with one attached hydrogen (secondary N) is 1. The number of nitrogens with two attached hydrogens (primary N) is 1. The van der Waals surface area contributed by atoms with Gasteiger partial charge in [-0.2, -0.15) is 0 Å². The molecule has 0 amide bonds. The van der Waals surface area contributed by atoms with E-state index in [2.05, 4.69) is 9.88 Å². The van der Waals surface area contributed by atoms with E-state index in [1.807, 2.05) is 12.1 Å².